The summed E-state index contributed by atoms with van der Waals surface area (Å²) in [6, 6.07) is 22.1. The average molecular weight is 418 g/mol. The second-order valence-electron chi connectivity index (χ2n) is 7.25. The number of hydrogen-bond acceptors (Lipinski definition) is 3. The Bertz CT molecular complexity index is 1040. The number of nitrogens with zero attached hydrogens (tertiary/aromatic N) is 1. The number of carboxylic acids is 1. The molecule has 0 aliphatic rings. The number of carbonyl (C=O) groups is 2. The summed E-state index contributed by atoms with van der Waals surface area (Å²) in [5.41, 5.74) is 3.99. The van der Waals surface area contributed by atoms with Crippen molar-refractivity contribution in [2.45, 2.75) is 33.2 Å². The van der Waals surface area contributed by atoms with Gasteiger partial charge in [-0.2, -0.15) is 0 Å². The Hall–Kier alpha value is -3.60. The van der Waals surface area contributed by atoms with E-state index in [4.69, 9.17) is 4.74 Å². The Kier molecular flexibility index (Phi) is 7.44. The van der Waals surface area contributed by atoms with Crippen LogP contribution in [-0.2, 0) is 24.2 Å². The van der Waals surface area contributed by atoms with E-state index in [9.17, 15) is 14.7 Å². The van der Waals surface area contributed by atoms with Crippen molar-refractivity contribution in [1.29, 1.82) is 0 Å². The molecular formula is C26H27NO4. The fraction of sp³-hybridized carbons (Fsp3) is 0.231. The van der Waals surface area contributed by atoms with Gasteiger partial charge in [0.1, 0.15) is 5.75 Å². The van der Waals surface area contributed by atoms with E-state index in [-0.39, 0.29) is 24.6 Å². The SMILES string of the molecule is CCc1ccc(OCC(=O)N(Cc2cccc(C(=O)O)c2)c2ccccc2CC)cc1. The van der Waals surface area contributed by atoms with E-state index in [0.717, 1.165) is 29.7 Å². The normalized spacial score (nSPS) is 10.5. The van der Waals surface area contributed by atoms with Gasteiger partial charge < -0.3 is 14.7 Å². The van der Waals surface area contributed by atoms with Crippen LogP contribution in [0.15, 0.2) is 72.8 Å². The highest BCUT2D eigenvalue weighted by molar-refractivity contribution is 5.95. The van der Waals surface area contributed by atoms with Crippen LogP contribution < -0.4 is 9.64 Å². The summed E-state index contributed by atoms with van der Waals surface area (Å²) in [6.45, 7) is 4.28. The Morgan fingerprint density at radius 2 is 1.61 bits per heavy atom. The Labute approximate surface area is 182 Å². The molecule has 3 rings (SSSR count). The van der Waals surface area contributed by atoms with Crippen molar-refractivity contribution in [1.82, 2.24) is 0 Å². The highest BCUT2D eigenvalue weighted by atomic mass is 16.5. The lowest BCUT2D eigenvalue weighted by Gasteiger charge is -2.25. The first-order valence-electron chi connectivity index (χ1n) is 10.4. The van der Waals surface area contributed by atoms with Gasteiger partial charge in [0.25, 0.3) is 5.91 Å². The number of ether oxygens (including phenoxy) is 1. The first-order valence-corrected chi connectivity index (χ1v) is 10.4. The molecule has 0 fully saturated rings. The standard InChI is InChI=1S/C26H27NO4/c1-3-19-12-14-23(15-13-19)31-18-25(28)27(24-11-6-5-9-21(24)4-2)17-20-8-7-10-22(16-20)26(29)30/h5-16H,3-4,17-18H2,1-2H3,(H,29,30). The molecule has 0 atom stereocenters. The van der Waals surface area contributed by atoms with Crippen LogP contribution in [0, 0.1) is 0 Å². The predicted molar refractivity (Wildman–Crippen MR) is 122 cm³/mol. The topological polar surface area (TPSA) is 66.8 Å². The molecule has 1 amide bonds. The van der Waals surface area contributed by atoms with Crippen molar-refractivity contribution in [2.75, 3.05) is 11.5 Å². The van der Waals surface area contributed by atoms with Gasteiger partial charge >= 0.3 is 5.97 Å². The summed E-state index contributed by atoms with van der Waals surface area (Å²) in [6.07, 6.45) is 1.71. The second kappa shape index (κ2) is 10.4. The first-order chi connectivity index (χ1) is 15.0. The molecule has 1 N–H and O–H groups in total. The molecule has 0 unspecified atom stereocenters. The van der Waals surface area contributed by atoms with E-state index in [1.54, 1.807) is 23.1 Å². The molecule has 3 aromatic rings. The predicted octanol–water partition coefficient (Wildman–Crippen LogP) is 5.12. The lowest BCUT2D eigenvalue weighted by atomic mass is 10.1. The lowest BCUT2D eigenvalue weighted by molar-refractivity contribution is -0.120. The summed E-state index contributed by atoms with van der Waals surface area (Å²) in [7, 11) is 0. The fourth-order valence-corrected chi connectivity index (χ4v) is 3.41. The minimum atomic E-state index is -0.993. The molecule has 0 aliphatic carbocycles. The van der Waals surface area contributed by atoms with Crippen molar-refractivity contribution in [2.24, 2.45) is 0 Å². The molecule has 0 saturated heterocycles. The van der Waals surface area contributed by atoms with E-state index in [1.807, 2.05) is 61.5 Å². The average Bonchev–Trinajstić information content (AvgIpc) is 2.81. The molecule has 0 aromatic heterocycles. The van der Waals surface area contributed by atoms with Gasteiger partial charge in [-0.15, -0.1) is 0 Å². The zero-order chi connectivity index (χ0) is 22.2. The van der Waals surface area contributed by atoms with Crippen molar-refractivity contribution in [3.05, 3.63) is 95.1 Å². The Morgan fingerprint density at radius 3 is 2.29 bits per heavy atom. The minimum absolute atomic E-state index is 0.109. The van der Waals surface area contributed by atoms with Gasteiger partial charge in [0.2, 0.25) is 0 Å². The van der Waals surface area contributed by atoms with Crippen molar-refractivity contribution < 1.29 is 19.4 Å². The minimum Gasteiger partial charge on any atom is -0.484 e. The van der Waals surface area contributed by atoms with Crippen LogP contribution in [0.1, 0.15) is 40.9 Å². The van der Waals surface area contributed by atoms with Gasteiger partial charge in [0, 0.05) is 5.69 Å². The van der Waals surface area contributed by atoms with E-state index in [1.165, 1.54) is 5.56 Å². The monoisotopic (exact) mass is 417 g/mol. The molecule has 31 heavy (non-hydrogen) atoms. The number of aromatic carboxylic acids is 1. The number of amides is 1. The molecule has 0 saturated carbocycles. The van der Waals surface area contributed by atoms with Crippen LogP contribution in [0.2, 0.25) is 0 Å². The molecule has 160 valence electrons. The number of para-hydroxylation sites is 1. The summed E-state index contributed by atoms with van der Waals surface area (Å²) >= 11 is 0. The maximum absolute atomic E-state index is 13.2. The summed E-state index contributed by atoms with van der Waals surface area (Å²) in [4.78, 5) is 26.2. The Balaban J connectivity index is 1.85. The van der Waals surface area contributed by atoms with E-state index in [2.05, 4.69) is 6.92 Å². The number of anilines is 1. The summed E-state index contributed by atoms with van der Waals surface area (Å²) in [5.74, 6) is -0.545. The lowest BCUT2D eigenvalue weighted by Crippen LogP contribution is -2.35. The molecule has 0 heterocycles. The molecule has 0 aliphatic heterocycles. The molecule has 3 aromatic carbocycles. The molecule has 5 heteroatoms. The number of hydrogen-bond donors (Lipinski definition) is 1. The van der Waals surface area contributed by atoms with Crippen LogP contribution in [0.5, 0.6) is 5.75 Å². The number of carbonyl (C=O) groups excluding carboxylic acids is 1. The third-order valence-corrected chi connectivity index (χ3v) is 5.17. The van der Waals surface area contributed by atoms with E-state index < -0.39 is 5.97 Å². The first kappa shape index (κ1) is 22.1. The van der Waals surface area contributed by atoms with Crippen molar-refractivity contribution in [3.8, 4) is 5.75 Å². The number of carboxylic acid groups (broad SMARTS) is 1. The Morgan fingerprint density at radius 1 is 0.871 bits per heavy atom. The van der Waals surface area contributed by atoms with Crippen molar-refractivity contribution >= 4 is 17.6 Å². The molecule has 0 radical (unpaired) electrons. The van der Waals surface area contributed by atoms with Crippen molar-refractivity contribution in [3.63, 3.8) is 0 Å². The van der Waals surface area contributed by atoms with Crippen LogP contribution in [-0.4, -0.2) is 23.6 Å². The van der Waals surface area contributed by atoms with E-state index in [0.29, 0.717) is 5.75 Å². The van der Waals surface area contributed by atoms with Gasteiger partial charge in [-0.05, 0) is 59.9 Å². The quantitative estimate of drug-likeness (QED) is 0.525. The van der Waals surface area contributed by atoms with E-state index >= 15 is 0 Å². The maximum atomic E-state index is 13.2. The molecule has 5 nitrogen and oxygen atoms in total. The number of benzene rings is 3. The van der Waals surface area contributed by atoms with Crippen LogP contribution in [0.3, 0.4) is 0 Å². The van der Waals surface area contributed by atoms with Gasteiger partial charge in [0.05, 0.1) is 12.1 Å². The molecule has 0 spiro atoms. The maximum Gasteiger partial charge on any atom is 0.335 e. The smallest absolute Gasteiger partial charge is 0.335 e. The summed E-state index contributed by atoms with van der Waals surface area (Å²) < 4.78 is 5.76. The molecule has 0 bridgehead atoms. The third kappa shape index (κ3) is 5.72. The number of rotatable bonds is 9. The van der Waals surface area contributed by atoms with Crippen LogP contribution >= 0.6 is 0 Å². The van der Waals surface area contributed by atoms with Crippen LogP contribution in [0.4, 0.5) is 5.69 Å². The zero-order valence-electron chi connectivity index (χ0n) is 17.9. The second-order valence-corrected chi connectivity index (χ2v) is 7.25. The third-order valence-electron chi connectivity index (χ3n) is 5.17. The molecular weight excluding hydrogens is 390 g/mol. The highest BCUT2D eigenvalue weighted by Crippen LogP contribution is 2.24. The fourth-order valence-electron chi connectivity index (χ4n) is 3.41. The zero-order valence-corrected chi connectivity index (χ0v) is 17.9. The van der Waals surface area contributed by atoms with Gasteiger partial charge in [-0.3, -0.25) is 4.79 Å². The highest BCUT2D eigenvalue weighted by Gasteiger charge is 2.20. The van der Waals surface area contributed by atoms with Gasteiger partial charge in [-0.25, -0.2) is 4.79 Å². The number of aryl methyl sites for hydroxylation is 2. The van der Waals surface area contributed by atoms with Gasteiger partial charge in [-0.1, -0.05) is 56.3 Å². The largest absolute Gasteiger partial charge is 0.484 e. The van der Waals surface area contributed by atoms with Crippen LogP contribution in [0.25, 0.3) is 0 Å². The van der Waals surface area contributed by atoms with Gasteiger partial charge in [0.15, 0.2) is 6.61 Å². The summed E-state index contributed by atoms with van der Waals surface area (Å²) in [5, 5.41) is 9.30.